The number of carbonyl (C=O) groups excluding carboxylic acids is 1. The van der Waals surface area contributed by atoms with Gasteiger partial charge in [-0.15, -0.1) is 10.2 Å². The molecule has 0 saturated heterocycles. The van der Waals surface area contributed by atoms with Gasteiger partial charge in [-0.2, -0.15) is 0 Å². The van der Waals surface area contributed by atoms with Gasteiger partial charge in [-0.05, 0) is 81.1 Å². The molecule has 5 rings (SSSR count). The molecule has 4 aromatic rings. The van der Waals surface area contributed by atoms with Gasteiger partial charge in [0.1, 0.15) is 0 Å². The van der Waals surface area contributed by atoms with E-state index < -0.39 is 0 Å². The molecule has 1 N–H and O–H groups in total. The summed E-state index contributed by atoms with van der Waals surface area (Å²) < 4.78 is 17.4. The molecule has 0 radical (unpaired) electrons. The second-order valence-electron chi connectivity index (χ2n) is 8.70. The summed E-state index contributed by atoms with van der Waals surface area (Å²) in [6.07, 6.45) is 4.63. The van der Waals surface area contributed by atoms with Crippen LogP contribution in [-0.4, -0.2) is 29.3 Å². The van der Waals surface area contributed by atoms with Gasteiger partial charge in [0, 0.05) is 28.4 Å². The summed E-state index contributed by atoms with van der Waals surface area (Å²) in [7, 11) is 1.61. The Bertz CT molecular complexity index is 1320. The van der Waals surface area contributed by atoms with Crippen LogP contribution in [0, 0.1) is 6.92 Å². The fourth-order valence-corrected chi connectivity index (χ4v) is 4.23. The first kappa shape index (κ1) is 22.7. The van der Waals surface area contributed by atoms with Crippen molar-refractivity contribution in [3.05, 3.63) is 77.9 Å². The SMILES string of the molecule is COc1ccc(NC(=O)c2ccc(-c3nnc(-c4cccc(C)c4)o3)cc2)cc1OC1CCCC1. The second kappa shape index (κ2) is 10.0. The molecule has 0 unspecified atom stereocenters. The molecule has 7 heteroatoms. The maximum atomic E-state index is 12.9. The van der Waals surface area contributed by atoms with Gasteiger partial charge in [-0.25, -0.2) is 0 Å². The van der Waals surface area contributed by atoms with Crippen molar-refractivity contribution in [2.24, 2.45) is 0 Å². The number of nitrogens with one attached hydrogen (secondary N) is 1. The van der Waals surface area contributed by atoms with Gasteiger partial charge < -0.3 is 19.2 Å². The maximum Gasteiger partial charge on any atom is 0.255 e. The first-order chi connectivity index (χ1) is 17.1. The molecule has 1 aromatic heterocycles. The zero-order valence-electron chi connectivity index (χ0n) is 19.8. The minimum atomic E-state index is -0.223. The number of hydrogen-bond donors (Lipinski definition) is 1. The van der Waals surface area contributed by atoms with Gasteiger partial charge in [-0.3, -0.25) is 4.79 Å². The predicted molar refractivity (Wildman–Crippen MR) is 134 cm³/mol. The van der Waals surface area contributed by atoms with Crippen LogP contribution >= 0.6 is 0 Å². The maximum absolute atomic E-state index is 12.9. The molecule has 0 spiro atoms. The molecule has 35 heavy (non-hydrogen) atoms. The van der Waals surface area contributed by atoms with E-state index in [-0.39, 0.29) is 12.0 Å². The third-order valence-corrected chi connectivity index (χ3v) is 6.10. The average molecular weight is 470 g/mol. The zero-order chi connectivity index (χ0) is 24.2. The van der Waals surface area contributed by atoms with E-state index in [1.54, 1.807) is 37.4 Å². The molecule has 1 fully saturated rings. The quantitative estimate of drug-likeness (QED) is 0.342. The van der Waals surface area contributed by atoms with Crippen molar-refractivity contribution in [1.29, 1.82) is 0 Å². The average Bonchev–Trinajstić information content (AvgIpc) is 3.57. The van der Waals surface area contributed by atoms with Crippen molar-refractivity contribution >= 4 is 11.6 Å². The molecule has 0 bridgehead atoms. The molecule has 178 valence electrons. The van der Waals surface area contributed by atoms with Gasteiger partial charge in [0.25, 0.3) is 5.91 Å². The van der Waals surface area contributed by atoms with E-state index in [1.165, 1.54) is 12.8 Å². The Kier molecular flexibility index (Phi) is 6.48. The normalized spacial score (nSPS) is 13.5. The summed E-state index contributed by atoms with van der Waals surface area (Å²) in [5.74, 6) is 1.94. The molecular formula is C28H27N3O4. The molecule has 1 heterocycles. The summed E-state index contributed by atoms with van der Waals surface area (Å²) in [5.41, 5.74) is 3.89. The van der Waals surface area contributed by atoms with Crippen molar-refractivity contribution in [1.82, 2.24) is 10.2 Å². The zero-order valence-corrected chi connectivity index (χ0v) is 19.8. The first-order valence-corrected chi connectivity index (χ1v) is 11.8. The third-order valence-electron chi connectivity index (χ3n) is 6.10. The number of nitrogens with zero attached hydrogens (tertiary/aromatic N) is 2. The van der Waals surface area contributed by atoms with Crippen LogP contribution in [0.15, 0.2) is 71.1 Å². The Morgan fingerprint density at radius 1 is 0.914 bits per heavy atom. The minimum absolute atomic E-state index is 0.193. The first-order valence-electron chi connectivity index (χ1n) is 11.8. The van der Waals surface area contributed by atoms with E-state index in [0.29, 0.717) is 34.5 Å². The summed E-state index contributed by atoms with van der Waals surface area (Å²) in [5, 5.41) is 11.3. The number of methoxy groups -OCH3 is 1. The van der Waals surface area contributed by atoms with E-state index in [1.807, 2.05) is 43.3 Å². The number of hydrogen-bond acceptors (Lipinski definition) is 6. The highest BCUT2D eigenvalue weighted by Crippen LogP contribution is 2.34. The number of aryl methyl sites for hydroxylation is 1. The largest absolute Gasteiger partial charge is 0.493 e. The van der Waals surface area contributed by atoms with E-state index in [2.05, 4.69) is 15.5 Å². The number of amides is 1. The standard InChI is InChI=1S/C28H27N3O4/c1-18-6-5-7-21(16-18)28-31-30-27(35-28)20-12-10-19(11-13-20)26(32)29-22-14-15-24(33-2)25(17-22)34-23-8-3-4-9-23/h5-7,10-17,23H,3-4,8-9H2,1-2H3,(H,29,32). The molecule has 0 aliphatic heterocycles. The van der Waals surface area contributed by atoms with Crippen LogP contribution in [-0.2, 0) is 0 Å². The molecule has 0 atom stereocenters. The van der Waals surface area contributed by atoms with E-state index in [9.17, 15) is 4.79 Å². The summed E-state index contributed by atoms with van der Waals surface area (Å²) >= 11 is 0. The lowest BCUT2D eigenvalue weighted by molar-refractivity contribution is 0.102. The van der Waals surface area contributed by atoms with Crippen LogP contribution in [0.3, 0.4) is 0 Å². The topological polar surface area (TPSA) is 86.5 Å². The van der Waals surface area contributed by atoms with Crippen LogP contribution in [0.25, 0.3) is 22.9 Å². The number of ether oxygens (including phenoxy) is 2. The molecule has 7 nitrogen and oxygen atoms in total. The number of aromatic nitrogens is 2. The van der Waals surface area contributed by atoms with Crippen LogP contribution in [0.1, 0.15) is 41.6 Å². The van der Waals surface area contributed by atoms with Crippen LogP contribution in [0.5, 0.6) is 11.5 Å². The van der Waals surface area contributed by atoms with Crippen LogP contribution in [0.2, 0.25) is 0 Å². The smallest absolute Gasteiger partial charge is 0.255 e. The van der Waals surface area contributed by atoms with Gasteiger partial charge in [0.15, 0.2) is 11.5 Å². The number of benzene rings is 3. The second-order valence-corrected chi connectivity index (χ2v) is 8.70. The lowest BCUT2D eigenvalue weighted by Crippen LogP contribution is -2.14. The van der Waals surface area contributed by atoms with Crippen molar-refractivity contribution in [2.45, 2.75) is 38.7 Å². The molecule has 1 aliphatic rings. The van der Waals surface area contributed by atoms with Crippen molar-refractivity contribution in [3.63, 3.8) is 0 Å². The van der Waals surface area contributed by atoms with E-state index in [4.69, 9.17) is 13.9 Å². The molecule has 1 amide bonds. The molecule has 1 saturated carbocycles. The number of anilines is 1. The molecule has 1 aliphatic carbocycles. The lowest BCUT2D eigenvalue weighted by atomic mass is 10.1. The van der Waals surface area contributed by atoms with E-state index in [0.717, 1.165) is 29.5 Å². The van der Waals surface area contributed by atoms with Crippen LogP contribution < -0.4 is 14.8 Å². The Balaban J connectivity index is 1.28. The van der Waals surface area contributed by atoms with Crippen molar-refractivity contribution in [3.8, 4) is 34.4 Å². The van der Waals surface area contributed by atoms with E-state index >= 15 is 0 Å². The minimum Gasteiger partial charge on any atom is -0.493 e. The van der Waals surface area contributed by atoms with Crippen LogP contribution in [0.4, 0.5) is 5.69 Å². The molecular weight excluding hydrogens is 442 g/mol. The van der Waals surface area contributed by atoms with Crippen molar-refractivity contribution in [2.75, 3.05) is 12.4 Å². The number of carbonyl (C=O) groups is 1. The highest BCUT2D eigenvalue weighted by atomic mass is 16.5. The molecule has 3 aromatic carbocycles. The van der Waals surface area contributed by atoms with Crippen molar-refractivity contribution < 1.29 is 18.7 Å². The van der Waals surface area contributed by atoms with Gasteiger partial charge in [-0.1, -0.05) is 17.7 Å². The Hall–Kier alpha value is -4.13. The highest BCUT2D eigenvalue weighted by Gasteiger charge is 2.19. The number of rotatable bonds is 7. The van der Waals surface area contributed by atoms with Gasteiger partial charge in [0.05, 0.1) is 13.2 Å². The fraction of sp³-hybridized carbons (Fsp3) is 0.250. The third kappa shape index (κ3) is 5.19. The monoisotopic (exact) mass is 469 g/mol. The summed E-state index contributed by atoms with van der Waals surface area (Å²) in [4.78, 5) is 12.9. The fourth-order valence-electron chi connectivity index (χ4n) is 4.23. The summed E-state index contributed by atoms with van der Waals surface area (Å²) in [6, 6.07) is 20.4. The predicted octanol–water partition coefficient (Wildman–Crippen LogP) is 6.29. The Morgan fingerprint density at radius 3 is 2.37 bits per heavy atom. The Morgan fingerprint density at radius 2 is 1.66 bits per heavy atom. The summed E-state index contributed by atoms with van der Waals surface area (Å²) in [6.45, 7) is 2.01. The van der Waals surface area contributed by atoms with Gasteiger partial charge >= 0.3 is 0 Å². The lowest BCUT2D eigenvalue weighted by Gasteiger charge is -2.17. The van der Waals surface area contributed by atoms with Gasteiger partial charge in [0.2, 0.25) is 11.8 Å². The Labute approximate surface area is 204 Å². The highest BCUT2D eigenvalue weighted by molar-refractivity contribution is 6.04.